The molecule has 3 heterocycles. The Labute approximate surface area is 171 Å². The maximum Gasteiger partial charge on any atom is 0.266 e. The molecule has 0 unspecified atom stereocenters. The highest BCUT2D eigenvalue weighted by Crippen LogP contribution is 2.35. The average molecular weight is 412 g/mol. The van der Waals surface area contributed by atoms with E-state index in [1.54, 1.807) is 19.3 Å². The molecular weight excluding hydrogens is 393 g/mol. The molecule has 1 aliphatic rings. The second kappa shape index (κ2) is 8.10. The molecule has 1 atom stereocenters. The molecule has 0 spiro atoms. The maximum atomic E-state index is 14.6. The summed E-state index contributed by atoms with van der Waals surface area (Å²) in [6.07, 6.45) is 5.39. The van der Waals surface area contributed by atoms with E-state index in [2.05, 4.69) is 25.3 Å². The number of hydrogen-bond acceptors (Lipinski definition) is 6. The van der Waals surface area contributed by atoms with Gasteiger partial charge in [0.1, 0.15) is 30.1 Å². The predicted molar refractivity (Wildman–Crippen MR) is 109 cm³/mol. The molecule has 2 aromatic heterocycles. The fourth-order valence-electron chi connectivity index (χ4n) is 3.48. The molecule has 3 aromatic rings. The van der Waals surface area contributed by atoms with E-state index in [9.17, 15) is 13.2 Å². The van der Waals surface area contributed by atoms with Gasteiger partial charge in [0, 0.05) is 37.1 Å². The lowest BCUT2D eigenvalue weighted by molar-refractivity contribution is 0.146. The molecule has 1 aromatic carbocycles. The summed E-state index contributed by atoms with van der Waals surface area (Å²) >= 11 is 0. The number of fused-ring (bicyclic) bond motifs is 1. The SMILES string of the molecule is C[C@@H](Nc1ncnc2c1C=C(c1cncnc1)CN2C)c1cccc(C(F)F)c1F. The van der Waals surface area contributed by atoms with Crippen molar-refractivity contribution in [1.29, 1.82) is 0 Å². The van der Waals surface area contributed by atoms with Gasteiger partial charge in [-0.2, -0.15) is 0 Å². The van der Waals surface area contributed by atoms with E-state index >= 15 is 0 Å². The standard InChI is InChI=1S/C21H19F3N6/c1-12(15-4-3-5-16(18(15)22)19(23)24)29-20-17-6-13(14-7-25-10-26-8-14)9-30(2)21(17)28-11-27-20/h3-8,10-12,19H,9H2,1-2H3,(H,27,28,29)/t12-/m1/s1. The Hall–Kier alpha value is -3.49. The summed E-state index contributed by atoms with van der Waals surface area (Å²) < 4.78 is 40.7. The van der Waals surface area contributed by atoms with Gasteiger partial charge in [0.25, 0.3) is 6.43 Å². The Balaban J connectivity index is 1.70. The zero-order chi connectivity index (χ0) is 21.3. The highest BCUT2D eigenvalue weighted by molar-refractivity contribution is 5.92. The molecule has 0 amide bonds. The van der Waals surface area contributed by atoms with Crippen LogP contribution in [-0.2, 0) is 0 Å². The first-order valence-corrected chi connectivity index (χ1v) is 9.30. The Morgan fingerprint density at radius 3 is 2.53 bits per heavy atom. The van der Waals surface area contributed by atoms with Crippen molar-refractivity contribution < 1.29 is 13.2 Å². The molecular formula is C21H19F3N6. The molecule has 0 fully saturated rings. The predicted octanol–water partition coefficient (Wildman–Crippen LogP) is 4.51. The van der Waals surface area contributed by atoms with Crippen LogP contribution in [0.2, 0.25) is 0 Å². The minimum absolute atomic E-state index is 0.144. The molecule has 4 rings (SSSR count). The molecule has 0 saturated heterocycles. The van der Waals surface area contributed by atoms with Crippen LogP contribution in [-0.4, -0.2) is 33.5 Å². The first kappa shape index (κ1) is 19.8. The first-order valence-electron chi connectivity index (χ1n) is 9.30. The lowest BCUT2D eigenvalue weighted by Crippen LogP contribution is -2.26. The fraction of sp³-hybridized carbons (Fsp3) is 0.238. The average Bonchev–Trinajstić information content (AvgIpc) is 2.74. The number of anilines is 2. The molecule has 1 aliphatic heterocycles. The van der Waals surface area contributed by atoms with Gasteiger partial charge >= 0.3 is 0 Å². The summed E-state index contributed by atoms with van der Waals surface area (Å²) in [7, 11) is 1.90. The van der Waals surface area contributed by atoms with Crippen LogP contribution in [0.25, 0.3) is 11.6 Å². The van der Waals surface area contributed by atoms with E-state index in [4.69, 9.17) is 0 Å². The second-order valence-corrected chi connectivity index (χ2v) is 7.03. The quantitative estimate of drug-likeness (QED) is 0.665. The van der Waals surface area contributed by atoms with Gasteiger partial charge in [-0.25, -0.2) is 33.1 Å². The number of nitrogens with zero attached hydrogens (tertiary/aromatic N) is 5. The summed E-state index contributed by atoms with van der Waals surface area (Å²) in [5.41, 5.74) is 2.10. The van der Waals surface area contributed by atoms with Crippen molar-refractivity contribution in [2.24, 2.45) is 0 Å². The van der Waals surface area contributed by atoms with Crippen molar-refractivity contribution in [3.05, 3.63) is 71.3 Å². The smallest absolute Gasteiger partial charge is 0.266 e. The monoisotopic (exact) mass is 412 g/mol. The lowest BCUT2D eigenvalue weighted by Gasteiger charge is -2.28. The van der Waals surface area contributed by atoms with Crippen LogP contribution >= 0.6 is 0 Å². The van der Waals surface area contributed by atoms with Crippen molar-refractivity contribution >= 4 is 23.3 Å². The van der Waals surface area contributed by atoms with E-state index in [-0.39, 0.29) is 5.56 Å². The zero-order valence-corrected chi connectivity index (χ0v) is 16.4. The number of hydrogen-bond donors (Lipinski definition) is 1. The van der Waals surface area contributed by atoms with E-state index < -0.39 is 23.8 Å². The molecule has 154 valence electrons. The number of aromatic nitrogens is 4. The molecule has 1 N–H and O–H groups in total. The van der Waals surface area contributed by atoms with Crippen LogP contribution in [0.3, 0.4) is 0 Å². The molecule has 0 bridgehead atoms. The minimum atomic E-state index is -2.88. The van der Waals surface area contributed by atoms with Gasteiger partial charge in [0.15, 0.2) is 0 Å². The Morgan fingerprint density at radius 2 is 1.80 bits per heavy atom. The zero-order valence-electron chi connectivity index (χ0n) is 16.4. The van der Waals surface area contributed by atoms with Gasteiger partial charge in [0.05, 0.1) is 17.2 Å². The van der Waals surface area contributed by atoms with Crippen LogP contribution < -0.4 is 10.2 Å². The summed E-state index contributed by atoms with van der Waals surface area (Å²) in [5.74, 6) is 0.280. The fourth-order valence-corrected chi connectivity index (χ4v) is 3.48. The van der Waals surface area contributed by atoms with E-state index in [1.165, 1.54) is 24.8 Å². The van der Waals surface area contributed by atoms with Gasteiger partial charge in [-0.15, -0.1) is 0 Å². The van der Waals surface area contributed by atoms with Crippen LogP contribution in [0.5, 0.6) is 0 Å². The molecule has 9 heteroatoms. The normalized spacial score (nSPS) is 14.3. The highest BCUT2D eigenvalue weighted by Gasteiger charge is 2.24. The van der Waals surface area contributed by atoms with E-state index in [0.29, 0.717) is 18.2 Å². The minimum Gasteiger partial charge on any atom is -0.363 e. The highest BCUT2D eigenvalue weighted by atomic mass is 19.3. The first-order chi connectivity index (χ1) is 14.5. The number of nitrogens with one attached hydrogen (secondary N) is 1. The second-order valence-electron chi connectivity index (χ2n) is 7.03. The van der Waals surface area contributed by atoms with Crippen LogP contribution in [0.15, 0.2) is 43.2 Å². The Bertz CT molecular complexity index is 1090. The van der Waals surface area contributed by atoms with Gasteiger partial charge < -0.3 is 10.2 Å². The lowest BCUT2D eigenvalue weighted by atomic mass is 10.0. The summed E-state index contributed by atoms with van der Waals surface area (Å²) in [6, 6.07) is 3.41. The summed E-state index contributed by atoms with van der Waals surface area (Å²) in [6.45, 7) is 2.31. The molecule has 0 aliphatic carbocycles. The van der Waals surface area contributed by atoms with Crippen LogP contribution in [0.1, 0.15) is 41.6 Å². The third-order valence-corrected chi connectivity index (χ3v) is 5.00. The largest absolute Gasteiger partial charge is 0.363 e. The number of benzene rings is 1. The molecule has 6 nitrogen and oxygen atoms in total. The van der Waals surface area contributed by atoms with Gasteiger partial charge in [-0.3, -0.25) is 0 Å². The van der Waals surface area contributed by atoms with Crippen LogP contribution in [0.4, 0.5) is 24.8 Å². The number of halogens is 3. The van der Waals surface area contributed by atoms with Crippen molar-refractivity contribution in [3.63, 3.8) is 0 Å². The summed E-state index contributed by atoms with van der Waals surface area (Å²) in [4.78, 5) is 18.8. The number of alkyl halides is 2. The third kappa shape index (κ3) is 3.70. The van der Waals surface area contributed by atoms with Gasteiger partial charge in [0.2, 0.25) is 0 Å². The molecule has 0 saturated carbocycles. The Morgan fingerprint density at radius 1 is 1.07 bits per heavy atom. The van der Waals surface area contributed by atoms with Crippen molar-refractivity contribution in [2.75, 3.05) is 23.8 Å². The van der Waals surface area contributed by atoms with Gasteiger partial charge in [-0.1, -0.05) is 18.2 Å². The molecule has 0 radical (unpaired) electrons. The van der Waals surface area contributed by atoms with Crippen LogP contribution in [0, 0.1) is 5.82 Å². The number of likely N-dealkylation sites (N-methyl/N-ethyl adjacent to an activating group) is 1. The molecule has 30 heavy (non-hydrogen) atoms. The maximum absolute atomic E-state index is 14.6. The van der Waals surface area contributed by atoms with E-state index in [1.807, 2.05) is 18.0 Å². The van der Waals surface area contributed by atoms with Gasteiger partial charge in [-0.05, 0) is 18.6 Å². The van der Waals surface area contributed by atoms with Crippen molar-refractivity contribution in [3.8, 4) is 0 Å². The summed E-state index contributed by atoms with van der Waals surface area (Å²) in [5, 5.41) is 3.15. The number of rotatable bonds is 5. The van der Waals surface area contributed by atoms with E-state index in [0.717, 1.165) is 22.8 Å². The van der Waals surface area contributed by atoms with Crippen molar-refractivity contribution in [1.82, 2.24) is 19.9 Å². The topological polar surface area (TPSA) is 66.8 Å². The Kier molecular flexibility index (Phi) is 5.35. The third-order valence-electron chi connectivity index (χ3n) is 5.00. The van der Waals surface area contributed by atoms with Crippen molar-refractivity contribution in [2.45, 2.75) is 19.4 Å².